The smallest absolute Gasteiger partial charge is 0.231 e. The van der Waals surface area contributed by atoms with Gasteiger partial charge in [0.15, 0.2) is 11.0 Å². The number of nitriles is 1. The molecule has 1 unspecified atom stereocenters. The minimum atomic E-state index is -0.776. The van der Waals surface area contributed by atoms with E-state index in [2.05, 4.69) is 21.6 Å². The number of thioether (sulfide) groups is 1. The first-order valence-electron chi connectivity index (χ1n) is 8.51. The first-order valence-corrected chi connectivity index (χ1v) is 9.87. The van der Waals surface area contributed by atoms with E-state index in [0.29, 0.717) is 16.7 Å². The van der Waals surface area contributed by atoms with Crippen molar-refractivity contribution in [3.05, 3.63) is 29.3 Å². The third kappa shape index (κ3) is 4.02. The van der Waals surface area contributed by atoms with Gasteiger partial charge in [-0.25, -0.2) is 0 Å². The lowest BCUT2D eigenvalue weighted by molar-refractivity contribution is -0.119. The Morgan fingerprint density at radius 2 is 2.27 bits per heavy atom. The summed E-state index contributed by atoms with van der Waals surface area (Å²) in [5.41, 5.74) is 0.108. The Morgan fingerprint density at radius 1 is 1.50 bits per heavy atom. The van der Waals surface area contributed by atoms with Crippen molar-refractivity contribution in [3.63, 3.8) is 0 Å². The highest BCUT2D eigenvalue weighted by Gasteiger charge is 2.42. The normalized spacial score (nSPS) is 15.9. The number of rotatable bonds is 7. The van der Waals surface area contributed by atoms with Gasteiger partial charge in [-0.05, 0) is 44.7 Å². The second-order valence-corrected chi connectivity index (χ2v) is 7.87. The molecule has 1 heterocycles. The van der Waals surface area contributed by atoms with Crippen LogP contribution in [0.15, 0.2) is 29.4 Å². The first-order chi connectivity index (χ1) is 12.5. The predicted molar refractivity (Wildman–Crippen MR) is 102 cm³/mol. The number of hydrogen-bond donors (Lipinski definition) is 1. The maximum Gasteiger partial charge on any atom is 0.231 e. The summed E-state index contributed by atoms with van der Waals surface area (Å²) < 4.78 is 1.95. The minimum absolute atomic E-state index is 0.166. The average molecular weight is 390 g/mol. The second kappa shape index (κ2) is 7.68. The monoisotopic (exact) mass is 389 g/mol. The number of hydrogen-bond acceptors (Lipinski definition) is 5. The maximum atomic E-state index is 12.3. The van der Waals surface area contributed by atoms with Crippen LogP contribution in [0.2, 0.25) is 5.02 Å². The number of aromatic nitrogens is 3. The van der Waals surface area contributed by atoms with Gasteiger partial charge in [0.25, 0.3) is 0 Å². The highest BCUT2D eigenvalue weighted by Crippen LogP contribution is 2.39. The van der Waals surface area contributed by atoms with Gasteiger partial charge in [0.2, 0.25) is 5.91 Å². The number of benzene rings is 1. The van der Waals surface area contributed by atoms with Crippen molar-refractivity contribution in [2.24, 2.45) is 5.92 Å². The fourth-order valence-electron chi connectivity index (χ4n) is 2.86. The predicted octanol–water partition coefficient (Wildman–Crippen LogP) is 3.52. The van der Waals surface area contributed by atoms with E-state index < -0.39 is 5.54 Å². The fourth-order valence-corrected chi connectivity index (χ4v) is 3.85. The van der Waals surface area contributed by atoms with Crippen LogP contribution in [-0.2, 0) is 11.3 Å². The van der Waals surface area contributed by atoms with Crippen LogP contribution in [0.5, 0.6) is 0 Å². The summed E-state index contributed by atoms with van der Waals surface area (Å²) in [7, 11) is 0. The molecule has 8 heteroatoms. The second-order valence-electron chi connectivity index (χ2n) is 6.49. The number of amides is 1. The van der Waals surface area contributed by atoms with E-state index in [1.807, 2.05) is 35.8 Å². The van der Waals surface area contributed by atoms with Crippen LogP contribution >= 0.6 is 23.4 Å². The first kappa shape index (κ1) is 18.7. The standard InChI is InChI=1S/C18H20ClN5OS/c1-3-24-16(12-5-4-6-14(19)9-12)22-23-17(24)26-10-15(25)21-18(2,11-20)13-7-8-13/h4-6,9,13H,3,7-8,10H2,1-2H3,(H,21,25). The topological polar surface area (TPSA) is 83.6 Å². The van der Waals surface area contributed by atoms with Crippen LogP contribution in [0.3, 0.4) is 0 Å². The summed E-state index contributed by atoms with van der Waals surface area (Å²) in [6.07, 6.45) is 1.98. The van der Waals surface area contributed by atoms with Gasteiger partial charge in [-0.1, -0.05) is 35.5 Å². The van der Waals surface area contributed by atoms with E-state index in [-0.39, 0.29) is 17.6 Å². The quantitative estimate of drug-likeness (QED) is 0.732. The highest BCUT2D eigenvalue weighted by atomic mass is 35.5. The molecule has 1 saturated carbocycles. The zero-order valence-corrected chi connectivity index (χ0v) is 16.3. The maximum absolute atomic E-state index is 12.3. The molecule has 2 aromatic rings. The zero-order valence-electron chi connectivity index (χ0n) is 14.7. The lowest BCUT2D eigenvalue weighted by Gasteiger charge is -2.22. The summed E-state index contributed by atoms with van der Waals surface area (Å²) in [5.74, 6) is 1.01. The number of halogens is 1. The van der Waals surface area contributed by atoms with Crippen LogP contribution in [0.4, 0.5) is 0 Å². The van der Waals surface area contributed by atoms with E-state index in [0.717, 1.165) is 24.2 Å². The van der Waals surface area contributed by atoms with Crippen molar-refractivity contribution in [2.45, 2.75) is 43.9 Å². The lowest BCUT2D eigenvalue weighted by Crippen LogP contribution is -2.47. The molecule has 3 rings (SSSR count). The molecule has 0 saturated heterocycles. The van der Waals surface area contributed by atoms with Gasteiger partial charge in [-0.3, -0.25) is 4.79 Å². The molecule has 1 amide bonds. The van der Waals surface area contributed by atoms with Crippen molar-refractivity contribution < 1.29 is 4.79 Å². The summed E-state index contributed by atoms with van der Waals surface area (Å²) in [5, 5.41) is 22.0. The van der Waals surface area contributed by atoms with E-state index >= 15 is 0 Å². The summed E-state index contributed by atoms with van der Waals surface area (Å²) >= 11 is 7.38. The average Bonchev–Trinajstić information content (AvgIpc) is 3.40. The highest BCUT2D eigenvalue weighted by molar-refractivity contribution is 7.99. The van der Waals surface area contributed by atoms with Crippen molar-refractivity contribution in [3.8, 4) is 17.5 Å². The number of nitrogens with zero attached hydrogens (tertiary/aromatic N) is 4. The molecule has 0 radical (unpaired) electrons. The number of carbonyl (C=O) groups excluding carboxylic acids is 1. The molecule has 1 atom stereocenters. The van der Waals surface area contributed by atoms with Crippen LogP contribution in [0.25, 0.3) is 11.4 Å². The van der Waals surface area contributed by atoms with Gasteiger partial charge >= 0.3 is 0 Å². The van der Waals surface area contributed by atoms with Crippen LogP contribution in [-0.4, -0.2) is 32.0 Å². The van der Waals surface area contributed by atoms with Crippen molar-refractivity contribution >= 4 is 29.3 Å². The third-order valence-corrected chi connectivity index (χ3v) is 5.68. The Morgan fingerprint density at radius 3 is 2.88 bits per heavy atom. The molecule has 6 nitrogen and oxygen atoms in total. The summed E-state index contributed by atoms with van der Waals surface area (Å²) in [6.45, 7) is 4.47. The number of nitrogens with one attached hydrogen (secondary N) is 1. The fraction of sp³-hybridized carbons (Fsp3) is 0.444. The molecule has 0 aliphatic heterocycles. The molecule has 0 spiro atoms. The van der Waals surface area contributed by atoms with Crippen LogP contribution < -0.4 is 5.32 Å². The SMILES string of the molecule is CCn1c(SCC(=O)NC(C)(C#N)C2CC2)nnc1-c1cccc(Cl)c1. The molecule has 1 aliphatic carbocycles. The van der Waals surface area contributed by atoms with E-state index in [1.54, 1.807) is 6.92 Å². The third-order valence-electron chi connectivity index (χ3n) is 4.47. The Bertz CT molecular complexity index is 858. The van der Waals surface area contributed by atoms with Gasteiger partial charge in [-0.15, -0.1) is 10.2 Å². The van der Waals surface area contributed by atoms with Crippen molar-refractivity contribution in [2.75, 3.05) is 5.75 Å². The minimum Gasteiger partial charge on any atom is -0.337 e. The van der Waals surface area contributed by atoms with Crippen LogP contribution in [0, 0.1) is 17.2 Å². The van der Waals surface area contributed by atoms with E-state index in [4.69, 9.17) is 11.6 Å². The van der Waals surface area contributed by atoms with Crippen molar-refractivity contribution in [1.82, 2.24) is 20.1 Å². The van der Waals surface area contributed by atoms with Gasteiger partial charge < -0.3 is 9.88 Å². The van der Waals surface area contributed by atoms with E-state index in [1.165, 1.54) is 11.8 Å². The molecule has 1 fully saturated rings. The summed E-state index contributed by atoms with van der Waals surface area (Å²) in [4.78, 5) is 12.3. The van der Waals surface area contributed by atoms with Crippen molar-refractivity contribution in [1.29, 1.82) is 5.26 Å². The van der Waals surface area contributed by atoms with Gasteiger partial charge in [0.05, 0.1) is 11.8 Å². The molecule has 1 aliphatic rings. The number of carbonyl (C=O) groups is 1. The molecule has 26 heavy (non-hydrogen) atoms. The molecular formula is C18H20ClN5OS. The molecule has 136 valence electrons. The van der Waals surface area contributed by atoms with Gasteiger partial charge in [-0.2, -0.15) is 5.26 Å². The molecule has 1 aromatic heterocycles. The lowest BCUT2D eigenvalue weighted by atomic mass is 9.98. The zero-order chi connectivity index (χ0) is 18.7. The Balaban J connectivity index is 1.69. The molecule has 1 N–H and O–H groups in total. The summed E-state index contributed by atoms with van der Waals surface area (Å²) in [6, 6.07) is 9.68. The Labute approximate surface area is 161 Å². The largest absolute Gasteiger partial charge is 0.337 e. The van der Waals surface area contributed by atoms with Gasteiger partial charge in [0.1, 0.15) is 5.54 Å². The van der Waals surface area contributed by atoms with Gasteiger partial charge in [0, 0.05) is 17.1 Å². The van der Waals surface area contributed by atoms with E-state index in [9.17, 15) is 10.1 Å². The Hall–Kier alpha value is -2.04. The molecule has 0 bridgehead atoms. The molecular weight excluding hydrogens is 370 g/mol. The Kier molecular flexibility index (Phi) is 5.54. The van der Waals surface area contributed by atoms with Crippen LogP contribution in [0.1, 0.15) is 26.7 Å². The molecule has 1 aromatic carbocycles.